The van der Waals surface area contributed by atoms with Crippen LogP contribution in [0.2, 0.25) is 0 Å². The minimum atomic E-state index is -0.481. The molecule has 5 heterocycles. The third-order valence-electron chi connectivity index (χ3n) is 7.79. The molecule has 4 aromatic rings. The Balaban J connectivity index is 1.27. The zero-order valence-electron chi connectivity index (χ0n) is 20.7. The molecule has 3 aliphatic rings. The van der Waals surface area contributed by atoms with Crippen molar-refractivity contribution in [1.29, 1.82) is 0 Å². The summed E-state index contributed by atoms with van der Waals surface area (Å²) in [6.45, 7) is 2.24. The maximum absolute atomic E-state index is 13.6. The molecule has 12 nitrogen and oxygen atoms in total. The van der Waals surface area contributed by atoms with Crippen LogP contribution in [-0.4, -0.2) is 73.9 Å². The number of nitrogens with zero attached hydrogens (tertiary/aromatic N) is 6. The Morgan fingerprint density at radius 1 is 1.05 bits per heavy atom. The monoisotopic (exact) mass is 517 g/mol. The van der Waals surface area contributed by atoms with Crippen LogP contribution in [0.5, 0.6) is 11.5 Å². The molecule has 1 amide bonds. The Hall–Kier alpha value is -4.19. The second-order valence-electron chi connectivity index (χ2n) is 9.97. The molecule has 0 unspecified atom stereocenters. The van der Waals surface area contributed by atoms with Gasteiger partial charge in [-0.15, -0.1) is 5.10 Å². The van der Waals surface area contributed by atoms with Crippen molar-refractivity contribution in [3.8, 4) is 11.5 Å². The minimum absolute atomic E-state index is 0.137. The first-order valence-electron chi connectivity index (χ1n) is 13.0. The van der Waals surface area contributed by atoms with Gasteiger partial charge in [0.1, 0.15) is 6.04 Å². The van der Waals surface area contributed by atoms with Gasteiger partial charge in [0.05, 0.1) is 17.8 Å². The third kappa shape index (κ3) is 3.92. The molecule has 1 saturated carbocycles. The molecular weight excluding hydrogens is 490 g/mol. The summed E-state index contributed by atoms with van der Waals surface area (Å²) in [7, 11) is 0. The highest BCUT2D eigenvalue weighted by atomic mass is 16.7. The first-order chi connectivity index (χ1) is 18.7. The number of tetrazole rings is 1. The molecule has 3 aromatic heterocycles. The van der Waals surface area contributed by atoms with Crippen molar-refractivity contribution in [3.05, 3.63) is 64.1 Å². The van der Waals surface area contributed by atoms with Gasteiger partial charge in [0.15, 0.2) is 23.1 Å². The molecule has 1 aliphatic carbocycles. The van der Waals surface area contributed by atoms with E-state index in [1.165, 1.54) is 6.26 Å². The number of benzene rings is 1. The number of piperazine rings is 1. The van der Waals surface area contributed by atoms with E-state index in [2.05, 4.69) is 25.4 Å². The number of hydrogen-bond donors (Lipinski definition) is 1. The highest BCUT2D eigenvalue weighted by Crippen LogP contribution is 2.37. The molecule has 2 aliphatic heterocycles. The smallest absolute Gasteiger partial charge is 0.289 e. The van der Waals surface area contributed by atoms with Gasteiger partial charge in [-0.3, -0.25) is 14.5 Å². The molecule has 196 valence electrons. The maximum atomic E-state index is 13.6. The van der Waals surface area contributed by atoms with E-state index >= 15 is 0 Å². The molecule has 0 bridgehead atoms. The average Bonchev–Trinajstić information content (AvgIpc) is 3.75. The molecule has 1 saturated heterocycles. The third-order valence-corrected chi connectivity index (χ3v) is 7.79. The Morgan fingerprint density at radius 3 is 2.61 bits per heavy atom. The van der Waals surface area contributed by atoms with Crippen molar-refractivity contribution < 1.29 is 18.7 Å². The van der Waals surface area contributed by atoms with Crippen molar-refractivity contribution in [2.24, 2.45) is 0 Å². The number of ether oxygens (including phenoxy) is 2. The highest BCUT2D eigenvalue weighted by molar-refractivity contribution is 5.91. The average molecular weight is 518 g/mol. The highest BCUT2D eigenvalue weighted by Gasteiger charge is 2.36. The normalized spacial score (nSPS) is 18.9. The number of carbonyl (C=O) groups excluding carboxylic acids is 1. The van der Waals surface area contributed by atoms with E-state index in [4.69, 9.17) is 13.9 Å². The summed E-state index contributed by atoms with van der Waals surface area (Å²) in [5.74, 6) is 2.09. The lowest BCUT2D eigenvalue weighted by Gasteiger charge is -2.38. The molecule has 7 rings (SSSR count). The predicted molar refractivity (Wildman–Crippen MR) is 134 cm³/mol. The fraction of sp³-hybridized carbons (Fsp3) is 0.423. The van der Waals surface area contributed by atoms with Gasteiger partial charge in [0, 0.05) is 43.2 Å². The summed E-state index contributed by atoms with van der Waals surface area (Å²) in [5.41, 5.74) is 1.01. The van der Waals surface area contributed by atoms with Gasteiger partial charge in [-0.1, -0.05) is 12.8 Å². The van der Waals surface area contributed by atoms with Gasteiger partial charge in [0.25, 0.3) is 11.5 Å². The molecular formula is C26H27N7O5. The fourth-order valence-electron chi connectivity index (χ4n) is 5.84. The number of fused-ring (bicyclic) bond motifs is 2. The van der Waals surface area contributed by atoms with Gasteiger partial charge >= 0.3 is 0 Å². The van der Waals surface area contributed by atoms with Crippen LogP contribution in [0.1, 0.15) is 59.7 Å². The summed E-state index contributed by atoms with van der Waals surface area (Å²) in [6.07, 6.45) is 5.78. The summed E-state index contributed by atoms with van der Waals surface area (Å²) < 4.78 is 18.3. The van der Waals surface area contributed by atoms with Gasteiger partial charge < -0.3 is 23.8 Å². The molecule has 12 heteroatoms. The van der Waals surface area contributed by atoms with E-state index < -0.39 is 6.04 Å². The summed E-state index contributed by atoms with van der Waals surface area (Å²) in [5, 5.41) is 13.7. The van der Waals surface area contributed by atoms with E-state index in [0.717, 1.165) is 31.1 Å². The van der Waals surface area contributed by atoms with Crippen LogP contribution in [0, 0.1) is 0 Å². The lowest BCUT2D eigenvalue weighted by Crippen LogP contribution is -2.50. The Bertz CT molecular complexity index is 1530. The number of aromatic nitrogens is 5. The first-order valence-corrected chi connectivity index (χ1v) is 13.0. The van der Waals surface area contributed by atoms with Crippen LogP contribution in [0.15, 0.2) is 45.8 Å². The molecule has 38 heavy (non-hydrogen) atoms. The molecule has 0 radical (unpaired) electrons. The van der Waals surface area contributed by atoms with Crippen molar-refractivity contribution >= 4 is 16.8 Å². The van der Waals surface area contributed by atoms with Crippen LogP contribution in [0.3, 0.4) is 0 Å². The predicted octanol–water partition coefficient (Wildman–Crippen LogP) is 2.50. The zero-order valence-corrected chi connectivity index (χ0v) is 20.7. The first kappa shape index (κ1) is 23.0. The Morgan fingerprint density at radius 2 is 1.84 bits per heavy atom. The van der Waals surface area contributed by atoms with Crippen LogP contribution >= 0.6 is 0 Å². The number of carbonyl (C=O) groups is 1. The van der Waals surface area contributed by atoms with E-state index in [1.54, 1.807) is 23.1 Å². The Labute approximate surface area is 217 Å². The number of H-pyrrole nitrogens is 1. The molecule has 1 atom stereocenters. The zero-order chi connectivity index (χ0) is 25.6. The molecule has 1 N–H and O–H groups in total. The van der Waals surface area contributed by atoms with Crippen LogP contribution in [0.4, 0.5) is 0 Å². The van der Waals surface area contributed by atoms with E-state index in [9.17, 15) is 9.59 Å². The lowest BCUT2D eigenvalue weighted by atomic mass is 10.0. The minimum Gasteiger partial charge on any atom is -0.459 e. The number of rotatable bonds is 5. The summed E-state index contributed by atoms with van der Waals surface area (Å²) >= 11 is 0. The SMILES string of the molecule is O=C(c1ccco1)N1CCN([C@@H](c2cc3cc4c(cc3[nH]c2=O)OCO4)c2nnnn2C2CCCC2)CC1. The van der Waals surface area contributed by atoms with E-state index in [-0.39, 0.29) is 24.3 Å². The standard InChI is InChI=1S/C26H27N7O5/c34-25-18(12-16-13-21-22(38-15-37-21)14-19(16)27-25)23(24-28-29-30-33(24)17-4-1-2-5-17)31-7-9-32(10-8-31)26(35)20-6-3-11-36-20/h3,6,11-14,17,23H,1-2,4-5,7-10,15H2,(H,27,34)/t23-/m0/s1. The lowest BCUT2D eigenvalue weighted by molar-refractivity contribution is 0.0557. The second kappa shape index (κ2) is 9.28. The summed E-state index contributed by atoms with van der Waals surface area (Å²) in [4.78, 5) is 33.4. The number of pyridine rings is 1. The number of furan rings is 1. The van der Waals surface area contributed by atoms with Gasteiger partial charge in [-0.2, -0.15) is 0 Å². The quantitative estimate of drug-likeness (QED) is 0.424. The number of nitrogens with one attached hydrogen (secondary N) is 1. The number of amides is 1. The van der Waals surface area contributed by atoms with Crippen LogP contribution in [-0.2, 0) is 0 Å². The Kier molecular flexibility index (Phi) is 5.61. The van der Waals surface area contributed by atoms with Crippen molar-refractivity contribution in [2.45, 2.75) is 37.8 Å². The van der Waals surface area contributed by atoms with Crippen molar-refractivity contribution in [1.82, 2.24) is 35.0 Å². The fourth-order valence-corrected chi connectivity index (χ4v) is 5.84. The number of hydrogen-bond acceptors (Lipinski definition) is 9. The topological polar surface area (TPSA) is 132 Å². The largest absolute Gasteiger partial charge is 0.459 e. The maximum Gasteiger partial charge on any atom is 0.289 e. The van der Waals surface area contributed by atoms with E-state index in [1.807, 2.05) is 16.8 Å². The number of aromatic amines is 1. The van der Waals surface area contributed by atoms with Gasteiger partial charge in [0.2, 0.25) is 6.79 Å². The van der Waals surface area contributed by atoms with E-state index in [0.29, 0.717) is 60.3 Å². The van der Waals surface area contributed by atoms with Crippen molar-refractivity contribution in [2.75, 3.05) is 33.0 Å². The summed E-state index contributed by atoms with van der Waals surface area (Å²) in [6, 6.07) is 8.68. The molecule has 1 aromatic carbocycles. The molecule has 0 spiro atoms. The van der Waals surface area contributed by atoms with Gasteiger partial charge in [-0.05, 0) is 47.5 Å². The van der Waals surface area contributed by atoms with Crippen LogP contribution in [0.25, 0.3) is 10.9 Å². The molecule has 2 fully saturated rings. The van der Waals surface area contributed by atoms with Gasteiger partial charge in [-0.25, -0.2) is 4.68 Å². The van der Waals surface area contributed by atoms with Crippen molar-refractivity contribution in [3.63, 3.8) is 0 Å². The second-order valence-corrected chi connectivity index (χ2v) is 9.97. The van der Waals surface area contributed by atoms with Crippen LogP contribution < -0.4 is 15.0 Å².